The summed E-state index contributed by atoms with van der Waals surface area (Å²) in [5, 5.41) is 0. The molecular formula is C17H28FN3. The lowest BCUT2D eigenvalue weighted by Gasteiger charge is -2.39. The third kappa shape index (κ3) is 4.25. The minimum absolute atomic E-state index is 0.0837. The summed E-state index contributed by atoms with van der Waals surface area (Å²) in [6.07, 6.45) is 0.876. The summed E-state index contributed by atoms with van der Waals surface area (Å²) in [4.78, 5) is 4.98. The van der Waals surface area contributed by atoms with Crippen LogP contribution >= 0.6 is 0 Å². The van der Waals surface area contributed by atoms with Crippen LogP contribution in [0.2, 0.25) is 0 Å². The summed E-state index contributed by atoms with van der Waals surface area (Å²) in [6, 6.07) is 5.86. The van der Waals surface area contributed by atoms with Crippen LogP contribution in [-0.2, 0) is 0 Å². The molecule has 2 rings (SSSR count). The fourth-order valence-corrected chi connectivity index (χ4v) is 3.07. The van der Waals surface area contributed by atoms with Gasteiger partial charge in [0.05, 0.1) is 0 Å². The molecule has 1 heterocycles. The second-order valence-electron chi connectivity index (χ2n) is 6.18. The van der Waals surface area contributed by atoms with E-state index < -0.39 is 0 Å². The Balaban J connectivity index is 1.84. The first-order valence-corrected chi connectivity index (χ1v) is 7.99. The fraction of sp³-hybridized carbons (Fsp3) is 0.647. The molecule has 0 aromatic heterocycles. The van der Waals surface area contributed by atoms with Crippen molar-refractivity contribution in [1.82, 2.24) is 9.80 Å². The SMILES string of the molecule is CCN1CCN(CCC(N)c2ccc(C)c(F)c2)CC1C. The molecule has 0 aliphatic carbocycles. The molecule has 21 heavy (non-hydrogen) atoms. The minimum Gasteiger partial charge on any atom is -0.324 e. The van der Waals surface area contributed by atoms with Gasteiger partial charge in [0.25, 0.3) is 0 Å². The van der Waals surface area contributed by atoms with E-state index in [1.54, 1.807) is 13.0 Å². The molecule has 0 saturated carbocycles. The van der Waals surface area contributed by atoms with Crippen LogP contribution < -0.4 is 5.73 Å². The van der Waals surface area contributed by atoms with Gasteiger partial charge in [0, 0.05) is 38.3 Å². The van der Waals surface area contributed by atoms with Crippen LogP contribution in [0.1, 0.15) is 37.4 Å². The lowest BCUT2D eigenvalue weighted by molar-refractivity contribution is 0.0861. The van der Waals surface area contributed by atoms with Gasteiger partial charge in [0.15, 0.2) is 0 Å². The zero-order chi connectivity index (χ0) is 15.4. The van der Waals surface area contributed by atoms with Gasteiger partial charge in [-0.1, -0.05) is 19.1 Å². The zero-order valence-electron chi connectivity index (χ0n) is 13.5. The number of hydrogen-bond donors (Lipinski definition) is 1. The van der Waals surface area contributed by atoms with Crippen molar-refractivity contribution >= 4 is 0 Å². The summed E-state index contributed by atoms with van der Waals surface area (Å²) in [6.45, 7) is 11.7. The van der Waals surface area contributed by atoms with E-state index in [1.807, 2.05) is 12.1 Å². The first-order valence-electron chi connectivity index (χ1n) is 7.99. The maximum absolute atomic E-state index is 13.6. The monoisotopic (exact) mass is 293 g/mol. The summed E-state index contributed by atoms with van der Waals surface area (Å²) >= 11 is 0. The Morgan fingerprint density at radius 3 is 2.76 bits per heavy atom. The molecule has 0 spiro atoms. The van der Waals surface area contributed by atoms with Crippen molar-refractivity contribution in [2.45, 2.75) is 39.3 Å². The Morgan fingerprint density at radius 1 is 1.38 bits per heavy atom. The fourth-order valence-electron chi connectivity index (χ4n) is 3.07. The number of rotatable bonds is 5. The maximum atomic E-state index is 13.6. The molecule has 1 aromatic carbocycles. The van der Waals surface area contributed by atoms with Crippen molar-refractivity contribution in [1.29, 1.82) is 0 Å². The predicted octanol–water partition coefficient (Wildman–Crippen LogP) is 2.55. The molecule has 2 unspecified atom stereocenters. The van der Waals surface area contributed by atoms with E-state index in [9.17, 15) is 4.39 Å². The summed E-state index contributed by atoms with van der Waals surface area (Å²) in [5.41, 5.74) is 7.79. The standard InChI is InChI=1S/C17H28FN3/c1-4-21-10-9-20(12-14(21)3)8-7-17(19)15-6-5-13(2)16(18)11-15/h5-6,11,14,17H,4,7-10,12,19H2,1-3H3. The van der Waals surface area contributed by atoms with Crippen LogP contribution in [-0.4, -0.2) is 48.6 Å². The average Bonchev–Trinajstić information content (AvgIpc) is 2.47. The highest BCUT2D eigenvalue weighted by Gasteiger charge is 2.22. The lowest BCUT2D eigenvalue weighted by Crippen LogP contribution is -2.51. The third-order valence-electron chi connectivity index (χ3n) is 4.64. The van der Waals surface area contributed by atoms with Crippen LogP contribution in [0.25, 0.3) is 0 Å². The Bertz CT molecular complexity index is 463. The van der Waals surface area contributed by atoms with Crippen molar-refractivity contribution in [3.8, 4) is 0 Å². The van der Waals surface area contributed by atoms with E-state index in [4.69, 9.17) is 5.73 Å². The largest absolute Gasteiger partial charge is 0.324 e. The van der Waals surface area contributed by atoms with Crippen molar-refractivity contribution in [2.75, 3.05) is 32.7 Å². The first kappa shape index (κ1) is 16.4. The topological polar surface area (TPSA) is 32.5 Å². The van der Waals surface area contributed by atoms with Crippen LogP contribution in [0, 0.1) is 12.7 Å². The smallest absolute Gasteiger partial charge is 0.126 e. The lowest BCUT2D eigenvalue weighted by atomic mass is 10.0. The summed E-state index contributed by atoms with van der Waals surface area (Å²) < 4.78 is 13.6. The Morgan fingerprint density at radius 2 is 2.14 bits per heavy atom. The van der Waals surface area contributed by atoms with Crippen molar-refractivity contribution in [2.24, 2.45) is 5.73 Å². The number of nitrogens with two attached hydrogens (primary N) is 1. The minimum atomic E-state index is -0.159. The molecule has 1 aromatic rings. The van der Waals surface area contributed by atoms with Gasteiger partial charge in [0.1, 0.15) is 5.82 Å². The average molecular weight is 293 g/mol. The van der Waals surface area contributed by atoms with E-state index in [0.717, 1.165) is 44.7 Å². The van der Waals surface area contributed by atoms with Gasteiger partial charge in [-0.15, -0.1) is 0 Å². The van der Waals surface area contributed by atoms with Crippen LogP contribution in [0.5, 0.6) is 0 Å². The molecule has 0 bridgehead atoms. The first-order chi connectivity index (χ1) is 10.0. The number of piperazine rings is 1. The molecule has 118 valence electrons. The molecule has 1 aliphatic rings. The van der Waals surface area contributed by atoms with E-state index in [2.05, 4.69) is 23.6 Å². The highest BCUT2D eigenvalue weighted by atomic mass is 19.1. The molecular weight excluding hydrogens is 265 g/mol. The molecule has 2 N–H and O–H groups in total. The molecule has 0 amide bonds. The molecule has 1 fully saturated rings. The number of likely N-dealkylation sites (N-methyl/N-ethyl adjacent to an activating group) is 1. The normalized spacial score (nSPS) is 22.4. The predicted molar refractivity (Wildman–Crippen MR) is 85.8 cm³/mol. The second-order valence-corrected chi connectivity index (χ2v) is 6.18. The molecule has 4 heteroatoms. The van der Waals surface area contributed by atoms with Crippen molar-refractivity contribution in [3.05, 3.63) is 35.1 Å². The van der Waals surface area contributed by atoms with Crippen molar-refractivity contribution in [3.63, 3.8) is 0 Å². The van der Waals surface area contributed by atoms with Gasteiger partial charge < -0.3 is 10.6 Å². The Hall–Kier alpha value is -0.970. The van der Waals surface area contributed by atoms with Crippen LogP contribution in [0.4, 0.5) is 4.39 Å². The van der Waals surface area contributed by atoms with Gasteiger partial charge in [-0.05, 0) is 44.0 Å². The van der Waals surface area contributed by atoms with E-state index in [1.165, 1.54) is 0 Å². The highest BCUT2D eigenvalue weighted by Crippen LogP contribution is 2.19. The summed E-state index contributed by atoms with van der Waals surface area (Å²) in [7, 11) is 0. The number of benzene rings is 1. The molecule has 0 radical (unpaired) electrons. The number of hydrogen-bond acceptors (Lipinski definition) is 3. The zero-order valence-corrected chi connectivity index (χ0v) is 13.5. The molecule has 2 atom stereocenters. The number of nitrogens with zero attached hydrogens (tertiary/aromatic N) is 2. The quantitative estimate of drug-likeness (QED) is 0.905. The van der Waals surface area contributed by atoms with Crippen LogP contribution in [0.15, 0.2) is 18.2 Å². The highest BCUT2D eigenvalue weighted by molar-refractivity contribution is 5.25. The molecule has 1 saturated heterocycles. The molecule has 3 nitrogen and oxygen atoms in total. The summed E-state index contributed by atoms with van der Waals surface area (Å²) in [5.74, 6) is -0.159. The second kappa shape index (κ2) is 7.34. The van der Waals surface area contributed by atoms with Gasteiger partial charge >= 0.3 is 0 Å². The third-order valence-corrected chi connectivity index (χ3v) is 4.64. The van der Waals surface area contributed by atoms with Crippen LogP contribution in [0.3, 0.4) is 0 Å². The molecule has 1 aliphatic heterocycles. The number of aryl methyl sites for hydroxylation is 1. The van der Waals surface area contributed by atoms with Gasteiger partial charge in [0.2, 0.25) is 0 Å². The van der Waals surface area contributed by atoms with E-state index in [0.29, 0.717) is 11.6 Å². The Kier molecular flexibility index (Phi) is 5.73. The van der Waals surface area contributed by atoms with Crippen molar-refractivity contribution < 1.29 is 4.39 Å². The van der Waals surface area contributed by atoms with E-state index in [-0.39, 0.29) is 11.9 Å². The van der Waals surface area contributed by atoms with E-state index >= 15 is 0 Å². The number of halogens is 1. The maximum Gasteiger partial charge on any atom is 0.126 e. The Labute approximate surface area is 127 Å². The van der Waals surface area contributed by atoms with Gasteiger partial charge in [-0.2, -0.15) is 0 Å². The van der Waals surface area contributed by atoms with Gasteiger partial charge in [-0.3, -0.25) is 4.90 Å². The van der Waals surface area contributed by atoms with Gasteiger partial charge in [-0.25, -0.2) is 4.39 Å².